The van der Waals surface area contributed by atoms with E-state index in [1.54, 1.807) is 7.11 Å². The number of nitrogens with two attached hydrogens (primary N) is 1. The number of hydrogen-bond donors (Lipinski definition) is 1. The highest BCUT2D eigenvalue weighted by molar-refractivity contribution is 5.49. The van der Waals surface area contributed by atoms with E-state index in [-0.39, 0.29) is 0 Å². The molecule has 1 saturated carbocycles. The summed E-state index contributed by atoms with van der Waals surface area (Å²) < 4.78 is 5.22. The normalized spacial score (nSPS) is 27.0. The van der Waals surface area contributed by atoms with Crippen molar-refractivity contribution in [1.82, 2.24) is 4.90 Å². The Bertz CT molecular complexity index is 440. The fourth-order valence-corrected chi connectivity index (χ4v) is 3.61. The van der Waals surface area contributed by atoms with Gasteiger partial charge < -0.3 is 15.4 Å². The van der Waals surface area contributed by atoms with Crippen LogP contribution in [0.2, 0.25) is 0 Å². The summed E-state index contributed by atoms with van der Waals surface area (Å²) in [7, 11) is 1.71. The molecule has 2 atom stereocenters. The SMILES string of the molecule is COc1ccc(N2CCN(CC3CCCC3N)CC2)cc1. The van der Waals surface area contributed by atoms with Crippen LogP contribution < -0.4 is 15.4 Å². The number of rotatable bonds is 4. The number of ether oxygens (including phenoxy) is 1. The van der Waals surface area contributed by atoms with Crippen LogP contribution in [0.25, 0.3) is 0 Å². The molecule has 21 heavy (non-hydrogen) atoms. The van der Waals surface area contributed by atoms with Gasteiger partial charge in [-0.25, -0.2) is 0 Å². The minimum Gasteiger partial charge on any atom is -0.497 e. The van der Waals surface area contributed by atoms with Gasteiger partial charge in [0.05, 0.1) is 7.11 Å². The van der Waals surface area contributed by atoms with Crippen LogP contribution in [0.3, 0.4) is 0 Å². The lowest BCUT2D eigenvalue weighted by Crippen LogP contribution is -2.49. The van der Waals surface area contributed by atoms with Crippen molar-refractivity contribution in [3.05, 3.63) is 24.3 Å². The van der Waals surface area contributed by atoms with Gasteiger partial charge in [0, 0.05) is 44.5 Å². The van der Waals surface area contributed by atoms with Crippen molar-refractivity contribution in [2.45, 2.75) is 25.3 Å². The van der Waals surface area contributed by atoms with E-state index in [9.17, 15) is 0 Å². The molecular weight excluding hydrogens is 262 g/mol. The third-order valence-corrected chi connectivity index (χ3v) is 5.02. The molecule has 1 heterocycles. The first-order valence-electron chi connectivity index (χ1n) is 8.13. The third-order valence-electron chi connectivity index (χ3n) is 5.02. The van der Waals surface area contributed by atoms with E-state index < -0.39 is 0 Å². The Morgan fingerprint density at radius 1 is 1.10 bits per heavy atom. The zero-order chi connectivity index (χ0) is 14.7. The summed E-state index contributed by atoms with van der Waals surface area (Å²) in [5, 5.41) is 0. The molecule has 1 aromatic carbocycles. The molecule has 0 radical (unpaired) electrons. The van der Waals surface area contributed by atoms with Crippen molar-refractivity contribution in [3.63, 3.8) is 0 Å². The number of methoxy groups -OCH3 is 1. The molecule has 1 aliphatic heterocycles. The first-order chi connectivity index (χ1) is 10.3. The maximum atomic E-state index is 6.19. The predicted octanol–water partition coefficient (Wildman–Crippen LogP) is 1.94. The number of benzene rings is 1. The Labute approximate surface area is 127 Å². The average molecular weight is 289 g/mol. The molecule has 4 nitrogen and oxygen atoms in total. The lowest BCUT2D eigenvalue weighted by molar-refractivity contribution is 0.212. The molecule has 2 N–H and O–H groups in total. The summed E-state index contributed by atoms with van der Waals surface area (Å²) >= 11 is 0. The second-order valence-corrected chi connectivity index (χ2v) is 6.34. The van der Waals surface area contributed by atoms with Crippen LogP contribution in [0.5, 0.6) is 5.75 Å². The summed E-state index contributed by atoms with van der Waals surface area (Å²) in [5.74, 6) is 1.64. The Morgan fingerprint density at radius 2 is 1.81 bits per heavy atom. The van der Waals surface area contributed by atoms with Crippen LogP contribution in [-0.4, -0.2) is 50.8 Å². The molecular formula is C17H27N3O. The largest absolute Gasteiger partial charge is 0.497 e. The summed E-state index contributed by atoms with van der Waals surface area (Å²) in [6, 6.07) is 8.82. The van der Waals surface area contributed by atoms with Gasteiger partial charge in [0.15, 0.2) is 0 Å². The number of piperazine rings is 1. The topological polar surface area (TPSA) is 41.7 Å². The third kappa shape index (κ3) is 3.50. The second-order valence-electron chi connectivity index (χ2n) is 6.34. The van der Waals surface area contributed by atoms with Crippen LogP contribution in [0.4, 0.5) is 5.69 Å². The van der Waals surface area contributed by atoms with Crippen molar-refractivity contribution in [1.29, 1.82) is 0 Å². The molecule has 3 rings (SSSR count). The molecule has 0 spiro atoms. The van der Waals surface area contributed by atoms with Gasteiger partial charge in [-0.15, -0.1) is 0 Å². The van der Waals surface area contributed by atoms with Crippen LogP contribution in [0.1, 0.15) is 19.3 Å². The monoisotopic (exact) mass is 289 g/mol. The van der Waals surface area contributed by atoms with E-state index in [4.69, 9.17) is 10.5 Å². The van der Waals surface area contributed by atoms with E-state index in [1.165, 1.54) is 31.5 Å². The highest BCUT2D eigenvalue weighted by Gasteiger charge is 2.27. The van der Waals surface area contributed by atoms with Crippen molar-refractivity contribution in [2.24, 2.45) is 11.7 Å². The number of nitrogens with zero attached hydrogens (tertiary/aromatic N) is 2. The Kier molecular flexibility index (Phi) is 4.66. The van der Waals surface area contributed by atoms with E-state index in [1.807, 2.05) is 12.1 Å². The van der Waals surface area contributed by atoms with Crippen LogP contribution in [-0.2, 0) is 0 Å². The molecule has 0 bridgehead atoms. The molecule has 116 valence electrons. The molecule has 0 aromatic heterocycles. The molecule has 1 saturated heterocycles. The molecule has 1 aromatic rings. The quantitative estimate of drug-likeness (QED) is 0.920. The summed E-state index contributed by atoms with van der Waals surface area (Å²) in [4.78, 5) is 5.06. The molecule has 2 fully saturated rings. The van der Waals surface area contributed by atoms with Gasteiger partial charge in [-0.05, 0) is 43.0 Å². The van der Waals surface area contributed by atoms with Gasteiger partial charge in [-0.1, -0.05) is 6.42 Å². The van der Waals surface area contributed by atoms with Gasteiger partial charge in [0.25, 0.3) is 0 Å². The zero-order valence-corrected chi connectivity index (χ0v) is 13.0. The first-order valence-corrected chi connectivity index (χ1v) is 8.13. The highest BCUT2D eigenvalue weighted by Crippen LogP contribution is 2.26. The summed E-state index contributed by atoms with van der Waals surface area (Å²) in [5.41, 5.74) is 7.49. The van der Waals surface area contributed by atoms with Crippen molar-refractivity contribution < 1.29 is 4.74 Å². The van der Waals surface area contributed by atoms with Gasteiger partial charge in [-0.2, -0.15) is 0 Å². The molecule has 0 amide bonds. The van der Waals surface area contributed by atoms with E-state index in [0.29, 0.717) is 6.04 Å². The van der Waals surface area contributed by atoms with Crippen molar-refractivity contribution in [2.75, 3.05) is 44.7 Å². The highest BCUT2D eigenvalue weighted by atomic mass is 16.5. The molecule has 2 unspecified atom stereocenters. The van der Waals surface area contributed by atoms with Crippen LogP contribution in [0.15, 0.2) is 24.3 Å². The first kappa shape index (κ1) is 14.7. The fourth-order valence-electron chi connectivity index (χ4n) is 3.61. The second kappa shape index (κ2) is 6.67. The summed E-state index contributed by atoms with van der Waals surface area (Å²) in [6.07, 6.45) is 3.86. The van der Waals surface area contributed by atoms with E-state index in [0.717, 1.165) is 37.8 Å². The van der Waals surface area contributed by atoms with Gasteiger partial charge in [0.2, 0.25) is 0 Å². The minimum absolute atomic E-state index is 0.435. The van der Waals surface area contributed by atoms with E-state index >= 15 is 0 Å². The molecule has 4 heteroatoms. The standard InChI is InChI=1S/C17H27N3O/c1-21-16-7-5-15(6-8-16)20-11-9-19(10-12-20)13-14-3-2-4-17(14)18/h5-8,14,17H,2-4,9-13,18H2,1H3. The lowest BCUT2D eigenvalue weighted by Gasteiger charge is -2.37. The van der Waals surface area contributed by atoms with Gasteiger partial charge in [0.1, 0.15) is 5.75 Å². The average Bonchev–Trinajstić information content (AvgIpc) is 2.93. The number of anilines is 1. The maximum absolute atomic E-state index is 6.19. The predicted molar refractivity (Wildman–Crippen MR) is 87.0 cm³/mol. The van der Waals surface area contributed by atoms with Gasteiger partial charge in [-0.3, -0.25) is 4.90 Å². The maximum Gasteiger partial charge on any atom is 0.119 e. The van der Waals surface area contributed by atoms with E-state index in [2.05, 4.69) is 21.9 Å². The zero-order valence-electron chi connectivity index (χ0n) is 13.0. The van der Waals surface area contributed by atoms with Crippen molar-refractivity contribution >= 4 is 5.69 Å². The van der Waals surface area contributed by atoms with Crippen molar-refractivity contribution in [3.8, 4) is 5.75 Å². The smallest absolute Gasteiger partial charge is 0.119 e. The molecule has 2 aliphatic rings. The van der Waals surface area contributed by atoms with Crippen LogP contribution >= 0.6 is 0 Å². The molecule has 1 aliphatic carbocycles. The Hall–Kier alpha value is -1.26. The Balaban J connectivity index is 1.50. The van der Waals surface area contributed by atoms with Gasteiger partial charge >= 0.3 is 0 Å². The Morgan fingerprint density at radius 3 is 2.38 bits per heavy atom. The summed E-state index contributed by atoms with van der Waals surface area (Å²) in [6.45, 7) is 5.70. The minimum atomic E-state index is 0.435. The number of hydrogen-bond acceptors (Lipinski definition) is 4. The lowest BCUT2D eigenvalue weighted by atomic mass is 10.0. The van der Waals surface area contributed by atoms with Crippen LogP contribution in [0, 0.1) is 5.92 Å². The fraction of sp³-hybridized carbons (Fsp3) is 0.647.